The molecule has 1 N–H and O–H groups in total. The predicted molar refractivity (Wildman–Crippen MR) is 80.3 cm³/mol. The van der Waals surface area contributed by atoms with E-state index in [1.807, 2.05) is 38.1 Å². The van der Waals surface area contributed by atoms with Gasteiger partial charge in [0, 0.05) is 6.20 Å². The molecule has 0 spiro atoms. The van der Waals surface area contributed by atoms with Crippen molar-refractivity contribution in [3.05, 3.63) is 53.6 Å². The third kappa shape index (κ3) is 3.78. The zero-order chi connectivity index (χ0) is 15.2. The van der Waals surface area contributed by atoms with Gasteiger partial charge in [-0.25, -0.2) is 4.98 Å². The van der Waals surface area contributed by atoms with E-state index in [0.717, 1.165) is 23.4 Å². The summed E-state index contributed by atoms with van der Waals surface area (Å²) in [6.07, 6.45) is 3.87. The van der Waals surface area contributed by atoms with Gasteiger partial charge >= 0.3 is 0 Å². The van der Waals surface area contributed by atoms with E-state index in [2.05, 4.69) is 15.3 Å². The van der Waals surface area contributed by atoms with Gasteiger partial charge in [0.05, 0.1) is 25.0 Å². The van der Waals surface area contributed by atoms with Gasteiger partial charge in [0.1, 0.15) is 11.4 Å². The van der Waals surface area contributed by atoms with E-state index in [4.69, 9.17) is 4.74 Å². The van der Waals surface area contributed by atoms with Gasteiger partial charge in [-0.2, -0.15) is 0 Å². The number of benzene rings is 1. The van der Waals surface area contributed by atoms with E-state index in [0.29, 0.717) is 5.69 Å². The van der Waals surface area contributed by atoms with Crippen LogP contribution in [0.15, 0.2) is 36.7 Å². The van der Waals surface area contributed by atoms with Crippen LogP contribution in [0.1, 0.15) is 41.1 Å². The lowest BCUT2D eigenvalue weighted by molar-refractivity contribution is 0.0930. The summed E-state index contributed by atoms with van der Waals surface area (Å²) in [5.41, 5.74) is 2.15. The number of amides is 1. The van der Waals surface area contributed by atoms with Crippen LogP contribution in [0.3, 0.4) is 0 Å². The highest BCUT2D eigenvalue weighted by Gasteiger charge is 2.15. The van der Waals surface area contributed by atoms with Crippen molar-refractivity contribution in [1.82, 2.24) is 15.3 Å². The summed E-state index contributed by atoms with van der Waals surface area (Å²) < 4.78 is 5.14. The number of carbonyl (C=O) groups excluding carboxylic acids is 1. The van der Waals surface area contributed by atoms with Crippen molar-refractivity contribution in [2.45, 2.75) is 26.3 Å². The van der Waals surface area contributed by atoms with Crippen LogP contribution < -0.4 is 10.1 Å². The van der Waals surface area contributed by atoms with Crippen molar-refractivity contribution >= 4 is 5.91 Å². The highest BCUT2D eigenvalue weighted by atomic mass is 16.5. The van der Waals surface area contributed by atoms with E-state index in [9.17, 15) is 4.79 Å². The van der Waals surface area contributed by atoms with Crippen molar-refractivity contribution in [1.29, 1.82) is 0 Å². The number of hydrogen-bond acceptors (Lipinski definition) is 4. The highest BCUT2D eigenvalue weighted by Crippen LogP contribution is 2.20. The molecule has 0 unspecified atom stereocenters. The van der Waals surface area contributed by atoms with E-state index in [1.165, 1.54) is 6.20 Å². The molecule has 0 aliphatic heterocycles. The van der Waals surface area contributed by atoms with E-state index in [1.54, 1.807) is 13.3 Å². The molecule has 1 aromatic carbocycles. The van der Waals surface area contributed by atoms with Crippen molar-refractivity contribution in [2.75, 3.05) is 7.11 Å². The molecule has 1 heterocycles. The van der Waals surface area contributed by atoms with Crippen LogP contribution in [-0.2, 0) is 0 Å². The molecule has 5 heteroatoms. The first kappa shape index (κ1) is 15.0. The molecule has 5 nitrogen and oxygen atoms in total. The van der Waals surface area contributed by atoms with Crippen molar-refractivity contribution in [2.24, 2.45) is 0 Å². The maximum atomic E-state index is 12.2. The van der Waals surface area contributed by atoms with Gasteiger partial charge in [0.2, 0.25) is 0 Å². The molecule has 0 aliphatic rings. The fourth-order valence-electron chi connectivity index (χ4n) is 2.00. The summed E-state index contributed by atoms with van der Waals surface area (Å²) in [7, 11) is 1.63. The number of carbonyl (C=O) groups is 1. The number of rotatable bonds is 5. The fraction of sp³-hybridized carbons (Fsp3) is 0.312. The molecule has 110 valence electrons. The Hall–Kier alpha value is -2.43. The van der Waals surface area contributed by atoms with E-state index >= 15 is 0 Å². The van der Waals surface area contributed by atoms with Gasteiger partial charge in [-0.05, 0) is 31.0 Å². The Kier molecular flexibility index (Phi) is 4.87. The van der Waals surface area contributed by atoms with Gasteiger partial charge in [-0.3, -0.25) is 9.78 Å². The van der Waals surface area contributed by atoms with Gasteiger partial charge < -0.3 is 10.1 Å². The van der Waals surface area contributed by atoms with Gasteiger partial charge in [0.15, 0.2) is 0 Å². The van der Waals surface area contributed by atoms with Crippen LogP contribution in [0, 0.1) is 6.92 Å². The SMILES string of the molecule is CC[C@H](NC(=O)c1cnc(C)cn1)c1ccc(OC)cc1. The average molecular weight is 285 g/mol. The van der Waals surface area contributed by atoms with Crippen molar-refractivity contribution in [3.63, 3.8) is 0 Å². The minimum atomic E-state index is -0.217. The largest absolute Gasteiger partial charge is 0.497 e. The number of nitrogens with zero attached hydrogens (tertiary/aromatic N) is 2. The van der Waals surface area contributed by atoms with Crippen LogP contribution >= 0.6 is 0 Å². The second-order valence-electron chi connectivity index (χ2n) is 4.75. The molecule has 21 heavy (non-hydrogen) atoms. The molecule has 0 saturated heterocycles. The second kappa shape index (κ2) is 6.83. The Labute approximate surface area is 124 Å². The van der Waals surface area contributed by atoms with E-state index < -0.39 is 0 Å². The molecule has 1 aromatic heterocycles. The smallest absolute Gasteiger partial charge is 0.271 e. The lowest BCUT2D eigenvalue weighted by Gasteiger charge is -2.17. The van der Waals surface area contributed by atoms with Crippen LogP contribution in [0.4, 0.5) is 0 Å². The minimum Gasteiger partial charge on any atom is -0.497 e. The summed E-state index contributed by atoms with van der Waals surface area (Å²) in [5, 5.41) is 2.97. The minimum absolute atomic E-state index is 0.0634. The van der Waals surface area contributed by atoms with Crippen LogP contribution in [-0.4, -0.2) is 23.0 Å². The number of methoxy groups -OCH3 is 1. The molecule has 1 atom stereocenters. The number of aromatic nitrogens is 2. The number of ether oxygens (including phenoxy) is 1. The molecule has 2 aromatic rings. The summed E-state index contributed by atoms with van der Waals surface area (Å²) in [4.78, 5) is 20.4. The quantitative estimate of drug-likeness (QED) is 0.917. The summed E-state index contributed by atoms with van der Waals surface area (Å²) >= 11 is 0. The van der Waals surface area contributed by atoms with Crippen molar-refractivity contribution < 1.29 is 9.53 Å². The monoisotopic (exact) mass is 285 g/mol. The molecule has 0 radical (unpaired) electrons. The van der Waals surface area contributed by atoms with Crippen molar-refractivity contribution in [3.8, 4) is 5.75 Å². The standard InChI is InChI=1S/C16H19N3O2/c1-4-14(12-5-7-13(21-3)8-6-12)19-16(20)15-10-17-11(2)9-18-15/h5-10,14H,4H2,1-3H3,(H,19,20)/t14-/m0/s1. The zero-order valence-electron chi connectivity index (χ0n) is 12.5. The summed E-state index contributed by atoms with van der Waals surface area (Å²) in [5.74, 6) is 0.578. The Morgan fingerprint density at radius 2 is 1.95 bits per heavy atom. The first-order valence-electron chi connectivity index (χ1n) is 6.87. The number of aryl methyl sites for hydroxylation is 1. The maximum absolute atomic E-state index is 12.2. The molecular weight excluding hydrogens is 266 g/mol. The van der Waals surface area contributed by atoms with E-state index in [-0.39, 0.29) is 11.9 Å². The Bertz CT molecular complexity index is 594. The van der Waals surface area contributed by atoms with Crippen LogP contribution in [0.2, 0.25) is 0 Å². The lowest BCUT2D eigenvalue weighted by atomic mass is 10.0. The third-order valence-electron chi connectivity index (χ3n) is 3.25. The fourth-order valence-corrected chi connectivity index (χ4v) is 2.00. The summed E-state index contributed by atoms with van der Waals surface area (Å²) in [6, 6.07) is 7.61. The lowest BCUT2D eigenvalue weighted by Crippen LogP contribution is -2.29. The second-order valence-corrected chi connectivity index (χ2v) is 4.75. The molecule has 0 bridgehead atoms. The third-order valence-corrected chi connectivity index (χ3v) is 3.25. The zero-order valence-corrected chi connectivity index (χ0v) is 12.5. The molecule has 2 rings (SSSR count). The van der Waals surface area contributed by atoms with Crippen LogP contribution in [0.25, 0.3) is 0 Å². The number of hydrogen-bond donors (Lipinski definition) is 1. The Balaban J connectivity index is 2.10. The normalized spacial score (nSPS) is 11.8. The topological polar surface area (TPSA) is 64.1 Å². The average Bonchev–Trinajstić information content (AvgIpc) is 2.53. The first-order chi connectivity index (χ1) is 10.1. The molecule has 0 aliphatic carbocycles. The van der Waals surface area contributed by atoms with Crippen LogP contribution in [0.5, 0.6) is 5.75 Å². The predicted octanol–water partition coefficient (Wildman–Crippen LogP) is 2.67. The molecule has 0 saturated carbocycles. The van der Waals surface area contributed by atoms with Gasteiger partial charge in [0.25, 0.3) is 5.91 Å². The molecule has 0 fully saturated rings. The summed E-state index contributed by atoms with van der Waals surface area (Å²) in [6.45, 7) is 3.86. The Morgan fingerprint density at radius 1 is 1.24 bits per heavy atom. The Morgan fingerprint density at radius 3 is 2.48 bits per heavy atom. The molecule has 1 amide bonds. The van der Waals surface area contributed by atoms with Gasteiger partial charge in [-0.15, -0.1) is 0 Å². The number of nitrogens with one attached hydrogen (secondary N) is 1. The first-order valence-corrected chi connectivity index (χ1v) is 6.87. The van der Waals surface area contributed by atoms with Gasteiger partial charge in [-0.1, -0.05) is 19.1 Å². The molecular formula is C16H19N3O2. The maximum Gasteiger partial charge on any atom is 0.271 e. The highest BCUT2D eigenvalue weighted by molar-refractivity contribution is 5.92.